The van der Waals surface area contributed by atoms with Crippen LogP contribution in [-0.2, 0) is 4.74 Å². The molecule has 0 aromatic carbocycles. The molecule has 3 N–H and O–H groups in total. The minimum Gasteiger partial charge on any atom is -0.388 e. The molecule has 5 nitrogen and oxygen atoms in total. The van der Waals surface area contributed by atoms with Gasteiger partial charge < -0.3 is 15.8 Å². The van der Waals surface area contributed by atoms with Gasteiger partial charge in [-0.25, -0.2) is 9.97 Å². The van der Waals surface area contributed by atoms with Gasteiger partial charge in [0.1, 0.15) is 10.7 Å². The maximum absolute atomic E-state index is 5.98. The lowest BCUT2D eigenvalue weighted by molar-refractivity contribution is -0.0864. The van der Waals surface area contributed by atoms with E-state index in [1.165, 1.54) is 0 Å². The molecule has 6 heteroatoms. The van der Waals surface area contributed by atoms with E-state index < -0.39 is 0 Å². The number of nitrogens with two attached hydrogens (primary N) is 1. The molecular formula is C14H22N4OS. The molecule has 1 atom stereocenters. The van der Waals surface area contributed by atoms with Gasteiger partial charge in [0.2, 0.25) is 0 Å². The second-order valence-corrected chi connectivity index (χ2v) is 5.63. The molecule has 0 spiro atoms. The van der Waals surface area contributed by atoms with Gasteiger partial charge in [0.05, 0.1) is 5.60 Å². The smallest absolute Gasteiger partial charge is 0.155 e. The molecule has 0 aliphatic carbocycles. The fourth-order valence-corrected chi connectivity index (χ4v) is 2.86. The first-order valence-electron chi connectivity index (χ1n) is 7.11. The molecule has 1 fully saturated rings. The fourth-order valence-electron chi connectivity index (χ4n) is 2.71. The molecule has 1 aromatic heterocycles. The van der Waals surface area contributed by atoms with Crippen LogP contribution in [0, 0.1) is 0 Å². The molecule has 1 unspecified atom stereocenters. The highest BCUT2D eigenvalue weighted by atomic mass is 32.1. The Morgan fingerprint density at radius 1 is 1.45 bits per heavy atom. The summed E-state index contributed by atoms with van der Waals surface area (Å²) in [6, 6.07) is 0.313. The van der Waals surface area contributed by atoms with Crippen LogP contribution in [0.15, 0.2) is 12.4 Å². The lowest BCUT2D eigenvalue weighted by Gasteiger charge is -2.40. The van der Waals surface area contributed by atoms with E-state index in [0.29, 0.717) is 17.6 Å². The van der Waals surface area contributed by atoms with Gasteiger partial charge in [-0.2, -0.15) is 0 Å². The summed E-state index contributed by atoms with van der Waals surface area (Å²) in [7, 11) is 0. The van der Waals surface area contributed by atoms with Gasteiger partial charge >= 0.3 is 0 Å². The quantitative estimate of drug-likeness (QED) is 0.812. The lowest BCUT2D eigenvalue weighted by atomic mass is 9.86. The number of aromatic nitrogens is 2. The second-order valence-electron chi connectivity index (χ2n) is 5.19. The van der Waals surface area contributed by atoms with E-state index in [9.17, 15) is 0 Å². The first-order valence-corrected chi connectivity index (χ1v) is 7.52. The van der Waals surface area contributed by atoms with E-state index in [-0.39, 0.29) is 10.6 Å². The van der Waals surface area contributed by atoms with Crippen LogP contribution in [0.25, 0.3) is 0 Å². The number of hydrogen-bond acceptors (Lipinski definition) is 5. The summed E-state index contributed by atoms with van der Waals surface area (Å²) in [5.74, 6) is 0.674. The normalized spacial score (nSPS) is 21.4. The summed E-state index contributed by atoms with van der Waals surface area (Å²) >= 11 is 5.02. The van der Waals surface area contributed by atoms with Crippen molar-refractivity contribution in [2.75, 3.05) is 11.9 Å². The molecule has 2 heterocycles. The molecule has 1 aliphatic rings. The summed E-state index contributed by atoms with van der Waals surface area (Å²) < 4.78 is 5.98. The van der Waals surface area contributed by atoms with Crippen molar-refractivity contribution < 1.29 is 4.74 Å². The minimum absolute atomic E-state index is 0.0263. The van der Waals surface area contributed by atoms with Crippen LogP contribution >= 0.6 is 12.2 Å². The van der Waals surface area contributed by atoms with Crippen LogP contribution in [0.2, 0.25) is 0 Å². The molecular weight excluding hydrogens is 272 g/mol. The monoisotopic (exact) mass is 294 g/mol. The Hall–Kier alpha value is -1.27. The topological polar surface area (TPSA) is 73.1 Å². The molecule has 0 amide bonds. The van der Waals surface area contributed by atoms with E-state index in [4.69, 9.17) is 22.7 Å². The van der Waals surface area contributed by atoms with Crippen molar-refractivity contribution in [2.45, 2.75) is 51.2 Å². The molecule has 110 valence electrons. The highest BCUT2D eigenvalue weighted by Gasteiger charge is 2.34. The van der Waals surface area contributed by atoms with Gasteiger partial charge in [0.15, 0.2) is 5.82 Å². The van der Waals surface area contributed by atoms with Gasteiger partial charge in [0.25, 0.3) is 0 Å². The first kappa shape index (κ1) is 15.1. The van der Waals surface area contributed by atoms with Crippen molar-refractivity contribution in [3.63, 3.8) is 0 Å². The largest absolute Gasteiger partial charge is 0.388 e. The molecule has 1 aromatic rings. The average Bonchev–Trinajstić information content (AvgIpc) is 2.47. The Kier molecular flexibility index (Phi) is 4.88. The fraction of sp³-hybridized carbons (Fsp3) is 0.643. The number of nitrogens with zero attached hydrogens (tertiary/aromatic N) is 2. The van der Waals surface area contributed by atoms with Crippen LogP contribution in [0.5, 0.6) is 0 Å². The van der Waals surface area contributed by atoms with Gasteiger partial charge in [-0.05, 0) is 25.7 Å². The predicted octanol–water partition coefficient (Wildman–Crippen LogP) is 2.26. The minimum atomic E-state index is -0.0263. The third-order valence-electron chi connectivity index (χ3n) is 4.05. The van der Waals surface area contributed by atoms with Gasteiger partial charge in [-0.15, -0.1) is 0 Å². The van der Waals surface area contributed by atoms with Crippen molar-refractivity contribution >= 4 is 23.0 Å². The Balaban J connectivity index is 2.12. The van der Waals surface area contributed by atoms with Crippen molar-refractivity contribution in [3.05, 3.63) is 18.1 Å². The Bertz CT molecular complexity index is 476. The van der Waals surface area contributed by atoms with Crippen LogP contribution in [0.4, 0.5) is 5.82 Å². The lowest BCUT2D eigenvalue weighted by Crippen LogP contribution is -2.44. The number of anilines is 1. The highest BCUT2D eigenvalue weighted by molar-refractivity contribution is 7.80. The number of rotatable bonds is 5. The summed E-state index contributed by atoms with van der Waals surface area (Å²) in [5, 5.41) is 3.43. The zero-order valence-corrected chi connectivity index (χ0v) is 12.9. The zero-order chi connectivity index (χ0) is 14.6. The molecule has 0 saturated carbocycles. The molecule has 1 saturated heterocycles. The van der Waals surface area contributed by atoms with Crippen molar-refractivity contribution in [3.8, 4) is 0 Å². The summed E-state index contributed by atoms with van der Waals surface area (Å²) in [5.41, 5.74) is 6.23. The Labute approximate surface area is 125 Å². The van der Waals surface area contributed by atoms with E-state index in [0.717, 1.165) is 32.3 Å². The van der Waals surface area contributed by atoms with Crippen molar-refractivity contribution in [1.29, 1.82) is 0 Å². The van der Waals surface area contributed by atoms with E-state index >= 15 is 0 Å². The van der Waals surface area contributed by atoms with Crippen LogP contribution in [0.3, 0.4) is 0 Å². The van der Waals surface area contributed by atoms with Crippen LogP contribution < -0.4 is 11.1 Å². The van der Waals surface area contributed by atoms with Gasteiger partial charge in [-0.1, -0.05) is 26.1 Å². The van der Waals surface area contributed by atoms with Gasteiger partial charge in [-0.3, -0.25) is 0 Å². The standard InChI is InChI=1S/C14H22N4OS/c1-3-14(4-2)9-10(5-8-19-14)18-13-11(12(15)20)16-6-7-17-13/h6-7,10H,3-5,8-9H2,1-2H3,(H2,15,20)(H,17,18). The average molecular weight is 294 g/mol. The van der Waals surface area contributed by atoms with Crippen molar-refractivity contribution in [1.82, 2.24) is 9.97 Å². The highest BCUT2D eigenvalue weighted by Crippen LogP contribution is 2.32. The maximum atomic E-state index is 5.98. The van der Waals surface area contributed by atoms with Crippen LogP contribution in [-0.4, -0.2) is 33.2 Å². The third-order valence-corrected chi connectivity index (χ3v) is 4.25. The van der Waals surface area contributed by atoms with E-state index in [2.05, 4.69) is 29.1 Å². The summed E-state index contributed by atoms with van der Waals surface area (Å²) in [6.45, 7) is 5.12. The number of hydrogen-bond donors (Lipinski definition) is 2. The second kappa shape index (κ2) is 6.45. The summed E-state index contributed by atoms with van der Waals surface area (Å²) in [6.07, 6.45) is 7.21. The SMILES string of the molecule is CCC1(CC)CC(Nc2nccnc2C(N)=S)CCO1. The number of nitrogens with one attached hydrogen (secondary N) is 1. The van der Waals surface area contributed by atoms with E-state index in [1.807, 2.05) is 0 Å². The van der Waals surface area contributed by atoms with Crippen LogP contribution in [0.1, 0.15) is 45.2 Å². The number of thiocarbonyl (C=S) groups is 1. The zero-order valence-electron chi connectivity index (χ0n) is 12.1. The molecule has 1 aliphatic heterocycles. The molecule has 0 bridgehead atoms. The first-order chi connectivity index (χ1) is 9.60. The predicted molar refractivity (Wildman–Crippen MR) is 83.8 cm³/mol. The Morgan fingerprint density at radius 2 is 2.15 bits per heavy atom. The molecule has 2 rings (SSSR count). The molecule has 20 heavy (non-hydrogen) atoms. The number of ether oxygens (including phenoxy) is 1. The molecule has 0 radical (unpaired) electrons. The Morgan fingerprint density at radius 3 is 2.80 bits per heavy atom. The van der Waals surface area contributed by atoms with Crippen molar-refractivity contribution in [2.24, 2.45) is 5.73 Å². The summed E-state index contributed by atoms with van der Waals surface area (Å²) in [4.78, 5) is 8.78. The van der Waals surface area contributed by atoms with E-state index in [1.54, 1.807) is 12.4 Å². The maximum Gasteiger partial charge on any atom is 0.155 e. The van der Waals surface area contributed by atoms with Gasteiger partial charge in [0, 0.05) is 25.0 Å². The third kappa shape index (κ3) is 3.24.